The number of likely N-dealkylation sites (tertiary alicyclic amines) is 1. The fourth-order valence-corrected chi connectivity index (χ4v) is 7.54. The molecule has 4 heterocycles. The zero-order valence-corrected chi connectivity index (χ0v) is 29.4. The standard InChI is InChI=1S/C37H52N4O8/c1-37(2,3)32-34(42)41-22-24(21-27(41)35(43)44)48-33-26(13-7-5-6-12-23-20-29(23)49-36(45)39-32)31(47-19-11-18-40-16-8-9-17-40)25-14-10-15-28(46-4)30(25)38-33/h10,14-15,23-24,27,29,32H,5-9,11-13,16-22H2,1-4H3,(H,39,45)(H,43,44)/t23-,24-,27+,29-,32-/m1/s1. The van der Waals surface area contributed by atoms with Gasteiger partial charge in [0.15, 0.2) is 0 Å². The summed E-state index contributed by atoms with van der Waals surface area (Å²) in [5.41, 5.74) is 0.760. The molecule has 0 unspecified atom stereocenters. The summed E-state index contributed by atoms with van der Waals surface area (Å²) >= 11 is 0. The summed E-state index contributed by atoms with van der Waals surface area (Å²) in [5.74, 6) is 0.381. The van der Waals surface area contributed by atoms with E-state index >= 15 is 0 Å². The van der Waals surface area contributed by atoms with E-state index in [1.54, 1.807) is 7.11 Å². The van der Waals surface area contributed by atoms with Crippen LogP contribution >= 0.6 is 0 Å². The van der Waals surface area contributed by atoms with Crippen molar-refractivity contribution in [3.63, 3.8) is 0 Å². The molecule has 2 saturated heterocycles. The number of aromatic nitrogens is 1. The largest absolute Gasteiger partial charge is 0.494 e. The van der Waals surface area contributed by atoms with Gasteiger partial charge in [0.05, 0.1) is 25.8 Å². The van der Waals surface area contributed by atoms with E-state index in [9.17, 15) is 19.5 Å². The van der Waals surface area contributed by atoms with Crippen molar-refractivity contribution in [1.82, 2.24) is 20.1 Å². The molecular weight excluding hydrogens is 628 g/mol. The van der Waals surface area contributed by atoms with Crippen molar-refractivity contribution in [2.75, 3.05) is 39.9 Å². The molecule has 1 aromatic heterocycles. The average molecular weight is 681 g/mol. The number of fused-ring (bicyclic) bond motifs is 5. The second-order valence-corrected chi connectivity index (χ2v) is 15.1. The summed E-state index contributed by atoms with van der Waals surface area (Å²) in [6.45, 7) is 9.33. The molecule has 6 rings (SSSR count). The number of nitrogens with zero attached hydrogens (tertiary/aromatic N) is 3. The van der Waals surface area contributed by atoms with Gasteiger partial charge in [-0.3, -0.25) is 4.79 Å². The molecule has 5 atom stereocenters. The molecule has 1 aliphatic carbocycles. The summed E-state index contributed by atoms with van der Waals surface area (Å²) in [4.78, 5) is 48.4. The first-order chi connectivity index (χ1) is 23.5. The third-order valence-electron chi connectivity index (χ3n) is 10.4. The first kappa shape index (κ1) is 35.0. The van der Waals surface area contributed by atoms with E-state index in [0.29, 0.717) is 36.1 Å². The van der Waals surface area contributed by atoms with Crippen molar-refractivity contribution in [3.05, 3.63) is 23.8 Å². The fraction of sp³-hybridized carbons (Fsp3) is 0.676. The molecule has 1 aromatic carbocycles. The Kier molecular flexibility index (Phi) is 10.7. The highest BCUT2D eigenvalue weighted by Crippen LogP contribution is 2.42. The van der Waals surface area contributed by atoms with Crippen molar-refractivity contribution in [2.45, 2.75) is 109 Å². The first-order valence-corrected chi connectivity index (χ1v) is 18.0. The first-order valence-electron chi connectivity index (χ1n) is 18.0. The van der Waals surface area contributed by atoms with Crippen LogP contribution < -0.4 is 19.5 Å². The number of benzene rings is 1. The average Bonchev–Trinajstić information content (AvgIpc) is 3.39. The summed E-state index contributed by atoms with van der Waals surface area (Å²) in [7, 11) is 1.61. The molecule has 0 radical (unpaired) electrons. The lowest BCUT2D eigenvalue weighted by atomic mass is 9.85. The molecule has 2 amide bonds. The Labute approximate surface area is 288 Å². The van der Waals surface area contributed by atoms with Gasteiger partial charge in [-0.1, -0.05) is 39.7 Å². The second-order valence-electron chi connectivity index (χ2n) is 15.1. The van der Waals surface area contributed by atoms with E-state index in [2.05, 4.69) is 10.2 Å². The van der Waals surface area contributed by atoms with Gasteiger partial charge in [-0.25, -0.2) is 14.6 Å². The monoisotopic (exact) mass is 680 g/mol. The number of carbonyl (C=O) groups excluding carboxylic acids is 2. The maximum atomic E-state index is 14.1. The highest BCUT2D eigenvalue weighted by Gasteiger charge is 2.47. The minimum atomic E-state index is -1.13. The molecule has 268 valence electrons. The highest BCUT2D eigenvalue weighted by molar-refractivity contribution is 5.92. The lowest BCUT2D eigenvalue weighted by Crippen LogP contribution is -2.57. The van der Waals surface area contributed by atoms with E-state index < -0.39 is 41.6 Å². The van der Waals surface area contributed by atoms with Gasteiger partial charge in [0.25, 0.3) is 0 Å². The number of methoxy groups -OCH3 is 1. The SMILES string of the molecule is COc1cccc2c(OCCCN3CCCC3)c3c(nc12)O[C@@H]1C[C@@H](C(=O)O)N(C1)C(=O)[C@H](C(C)(C)C)NC(=O)O[C@@H]1C[C@H]1CCCCC3. The molecule has 3 aliphatic heterocycles. The maximum absolute atomic E-state index is 14.1. The molecule has 2 aromatic rings. The van der Waals surface area contributed by atoms with Gasteiger partial charge >= 0.3 is 12.1 Å². The van der Waals surface area contributed by atoms with Gasteiger partial charge in [-0.2, -0.15) is 0 Å². The predicted octanol–water partition coefficient (Wildman–Crippen LogP) is 5.19. The minimum Gasteiger partial charge on any atom is -0.494 e. The van der Waals surface area contributed by atoms with Crippen molar-refractivity contribution in [1.29, 1.82) is 0 Å². The molecule has 0 spiro atoms. The van der Waals surface area contributed by atoms with Gasteiger partial charge in [0.2, 0.25) is 11.8 Å². The van der Waals surface area contributed by atoms with Crippen LogP contribution in [0, 0.1) is 11.3 Å². The van der Waals surface area contributed by atoms with Gasteiger partial charge in [0.1, 0.15) is 41.3 Å². The molecular formula is C37H52N4O8. The molecule has 2 N–H and O–H groups in total. The molecule has 12 heteroatoms. The number of pyridine rings is 1. The summed E-state index contributed by atoms with van der Waals surface area (Å²) in [5, 5.41) is 13.9. The number of hydrogen-bond acceptors (Lipinski definition) is 9. The zero-order chi connectivity index (χ0) is 34.7. The zero-order valence-electron chi connectivity index (χ0n) is 29.4. The van der Waals surface area contributed by atoms with Crippen LogP contribution in [0.4, 0.5) is 4.79 Å². The Morgan fingerprint density at radius 2 is 1.88 bits per heavy atom. The quantitative estimate of drug-likeness (QED) is 0.376. The number of carboxylic acids is 1. The minimum absolute atomic E-state index is 0.0287. The number of rotatable bonds is 7. The number of hydrogen-bond donors (Lipinski definition) is 2. The van der Waals surface area contributed by atoms with Crippen molar-refractivity contribution >= 4 is 28.9 Å². The second kappa shape index (κ2) is 15.0. The normalized spacial score (nSPS) is 26.9. The third kappa shape index (κ3) is 8.16. The van der Waals surface area contributed by atoms with E-state index in [-0.39, 0.29) is 19.1 Å². The van der Waals surface area contributed by atoms with Crippen LogP contribution in [0.15, 0.2) is 18.2 Å². The highest BCUT2D eigenvalue weighted by atomic mass is 16.6. The number of nitrogens with one attached hydrogen (secondary N) is 1. The summed E-state index contributed by atoms with van der Waals surface area (Å²) in [6.07, 6.45) is 7.23. The summed E-state index contributed by atoms with van der Waals surface area (Å²) in [6, 6.07) is 3.67. The Hall–Kier alpha value is -3.80. The van der Waals surface area contributed by atoms with Crippen LogP contribution in [0.2, 0.25) is 0 Å². The molecule has 49 heavy (non-hydrogen) atoms. The number of alkyl carbamates (subject to hydrolysis) is 1. The smallest absolute Gasteiger partial charge is 0.408 e. The number of carboxylic acid groups (broad SMARTS) is 1. The number of ether oxygens (including phenoxy) is 4. The van der Waals surface area contributed by atoms with Crippen LogP contribution in [0.1, 0.15) is 84.1 Å². The van der Waals surface area contributed by atoms with Crippen LogP contribution in [0.25, 0.3) is 10.9 Å². The van der Waals surface area contributed by atoms with E-state index in [4.69, 9.17) is 23.9 Å². The van der Waals surface area contributed by atoms with Crippen LogP contribution in [0.5, 0.6) is 17.4 Å². The van der Waals surface area contributed by atoms with Crippen LogP contribution in [-0.4, -0.2) is 102 Å². The number of amides is 2. The Morgan fingerprint density at radius 1 is 1.08 bits per heavy atom. The Morgan fingerprint density at radius 3 is 2.61 bits per heavy atom. The molecule has 2 bridgehead atoms. The number of aliphatic carboxylic acids is 1. The van der Waals surface area contributed by atoms with Crippen LogP contribution in [-0.2, 0) is 20.7 Å². The van der Waals surface area contributed by atoms with Crippen molar-refractivity contribution < 1.29 is 38.4 Å². The van der Waals surface area contributed by atoms with Gasteiger partial charge in [-0.15, -0.1) is 0 Å². The fourth-order valence-electron chi connectivity index (χ4n) is 7.54. The van der Waals surface area contributed by atoms with Gasteiger partial charge in [-0.05, 0) is 81.5 Å². The Bertz CT molecular complexity index is 1520. The number of para-hydroxylation sites is 1. The van der Waals surface area contributed by atoms with E-state index in [1.807, 2.05) is 39.0 Å². The van der Waals surface area contributed by atoms with E-state index in [0.717, 1.165) is 74.9 Å². The van der Waals surface area contributed by atoms with Crippen LogP contribution in [0.3, 0.4) is 0 Å². The maximum Gasteiger partial charge on any atom is 0.408 e. The van der Waals surface area contributed by atoms with Gasteiger partial charge in [0, 0.05) is 18.4 Å². The molecule has 1 saturated carbocycles. The van der Waals surface area contributed by atoms with Gasteiger partial charge < -0.3 is 39.2 Å². The van der Waals surface area contributed by atoms with E-state index in [1.165, 1.54) is 17.7 Å². The molecule has 12 nitrogen and oxygen atoms in total. The third-order valence-corrected chi connectivity index (χ3v) is 10.4. The Balaban J connectivity index is 1.35. The molecule has 4 aliphatic rings. The molecule has 3 fully saturated rings. The summed E-state index contributed by atoms with van der Waals surface area (Å²) < 4.78 is 24.7. The van der Waals surface area contributed by atoms with Crippen molar-refractivity contribution in [3.8, 4) is 17.4 Å². The van der Waals surface area contributed by atoms with Crippen molar-refractivity contribution in [2.24, 2.45) is 11.3 Å². The predicted molar refractivity (Wildman–Crippen MR) is 183 cm³/mol. The lowest BCUT2D eigenvalue weighted by molar-refractivity contribution is -0.150. The lowest BCUT2D eigenvalue weighted by Gasteiger charge is -2.34. The number of carbonyl (C=O) groups is 3. The topological polar surface area (TPSA) is 140 Å².